The number of alkyl halides is 2. The fraction of sp³-hybridized carbons (Fsp3) is 0.474. The van der Waals surface area contributed by atoms with Gasteiger partial charge in [0.15, 0.2) is 11.5 Å². The zero-order chi connectivity index (χ0) is 20.5. The lowest BCUT2D eigenvalue weighted by Crippen LogP contribution is -2.37. The molecular weight excluding hydrogens is 374 g/mol. The van der Waals surface area contributed by atoms with Crippen LogP contribution in [0.1, 0.15) is 18.9 Å². The van der Waals surface area contributed by atoms with Crippen molar-refractivity contribution in [1.29, 1.82) is 0 Å². The van der Waals surface area contributed by atoms with Gasteiger partial charge in [-0.2, -0.15) is 8.78 Å². The average Bonchev–Trinajstić information content (AvgIpc) is 2.93. The Morgan fingerprint density at radius 2 is 1.89 bits per heavy atom. The van der Waals surface area contributed by atoms with Gasteiger partial charge in [-0.3, -0.25) is 4.79 Å². The van der Waals surface area contributed by atoms with Crippen molar-refractivity contribution in [2.75, 3.05) is 39.9 Å². The summed E-state index contributed by atoms with van der Waals surface area (Å²) in [4.78, 5) is 27.5. The van der Waals surface area contributed by atoms with Crippen LogP contribution in [0.5, 0.6) is 11.5 Å². The molecule has 0 radical (unpaired) electrons. The molecule has 0 N–H and O–H groups in total. The van der Waals surface area contributed by atoms with E-state index in [-0.39, 0.29) is 17.4 Å². The van der Waals surface area contributed by atoms with Gasteiger partial charge >= 0.3 is 12.7 Å². The van der Waals surface area contributed by atoms with Crippen LogP contribution in [0.25, 0.3) is 6.08 Å². The number of ether oxygens (including phenoxy) is 3. The third-order valence-electron chi connectivity index (χ3n) is 4.18. The minimum atomic E-state index is -3.02. The maximum atomic E-state index is 12.7. The molecule has 0 spiro atoms. The first-order chi connectivity index (χ1) is 13.5. The minimum absolute atomic E-state index is 0.131. The second-order valence-corrected chi connectivity index (χ2v) is 5.96. The van der Waals surface area contributed by atoms with Gasteiger partial charge in [-0.15, -0.1) is 0 Å². The highest BCUT2D eigenvalue weighted by Crippen LogP contribution is 2.33. The smallest absolute Gasteiger partial charge is 0.409 e. The molecule has 28 heavy (non-hydrogen) atoms. The molecule has 1 aliphatic rings. The third-order valence-corrected chi connectivity index (χ3v) is 4.18. The molecule has 1 aromatic rings. The summed E-state index contributed by atoms with van der Waals surface area (Å²) in [6.45, 7) is 0.744. The first-order valence-corrected chi connectivity index (χ1v) is 8.96. The normalized spacial score (nSPS) is 14.9. The van der Waals surface area contributed by atoms with Crippen molar-refractivity contribution in [3.63, 3.8) is 0 Å². The number of carbonyl (C=O) groups excluding carboxylic acids is 2. The monoisotopic (exact) mass is 398 g/mol. The second kappa shape index (κ2) is 10.5. The molecule has 0 atom stereocenters. The largest absolute Gasteiger partial charge is 0.493 e. The Balaban J connectivity index is 2.06. The van der Waals surface area contributed by atoms with Gasteiger partial charge in [-0.25, -0.2) is 4.79 Å². The van der Waals surface area contributed by atoms with Gasteiger partial charge in [0.1, 0.15) is 0 Å². The maximum absolute atomic E-state index is 12.7. The van der Waals surface area contributed by atoms with Crippen molar-refractivity contribution in [1.82, 2.24) is 9.80 Å². The molecule has 1 fully saturated rings. The zero-order valence-electron chi connectivity index (χ0n) is 15.9. The molecule has 0 aliphatic carbocycles. The molecule has 1 aromatic carbocycles. The fourth-order valence-electron chi connectivity index (χ4n) is 2.84. The van der Waals surface area contributed by atoms with Crippen molar-refractivity contribution in [2.45, 2.75) is 20.0 Å². The molecule has 1 aliphatic heterocycles. The number of amides is 2. The minimum Gasteiger partial charge on any atom is -0.493 e. The van der Waals surface area contributed by atoms with E-state index in [1.54, 1.807) is 28.9 Å². The summed E-state index contributed by atoms with van der Waals surface area (Å²) in [5, 5.41) is 0. The highest BCUT2D eigenvalue weighted by Gasteiger charge is 2.22. The number of methoxy groups -OCH3 is 1. The van der Waals surface area contributed by atoms with Crippen molar-refractivity contribution in [2.24, 2.45) is 0 Å². The summed E-state index contributed by atoms with van der Waals surface area (Å²) in [5.74, 6) is -0.264. The van der Waals surface area contributed by atoms with E-state index in [0.717, 1.165) is 0 Å². The maximum Gasteiger partial charge on any atom is 0.409 e. The van der Waals surface area contributed by atoms with Crippen LogP contribution in [0.2, 0.25) is 0 Å². The van der Waals surface area contributed by atoms with E-state index in [9.17, 15) is 18.4 Å². The molecule has 2 rings (SSSR count). The zero-order valence-corrected chi connectivity index (χ0v) is 15.9. The Labute approximate surface area is 162 Å². The van der Waals surface area contributed by atoms with Crippen LogP contribution in [-0.4, -0.2) is 68.3 Å². The van der Waals surface area contributed by atoms with Gasteiger partial charge in [0, 0.05) is 37.8 Å². The standard InChI is InChI=1S/C19H24F2N2O5/c1-3-27-19(25)23-11-5-10-22(12-13-23)16(24)9-8-14-6-4-7-15(26-2)17(14)28-18(20)21/h4,6-9,18H,3,5,10-13H2,1-2H3/b9-8-. The van der Waals surface area contributed by atoms with Gasteiger partial charge in [0.25, 0.3) is 0 Å². The van der Waals surface area contributed by atoms with E-state index in [2.05, 4.69) is 4.74 Å². The summed E-state index contributed by atoms with van der Waals surface area (Å²) in [5.41, 5.74) is 0.302. The molecule has 1 heterocycles. The fourth-order valence-corrected chi connectivity index (χ4v) is 2.84. The molecule has 1 saturated heterocycles. The Morgan fingerprint density at radius 3 is 2.57 bits per heavy atom. The lowest BCUT2D eigenvalue weighted by Gasteiger charge is -2.20. The lowest BCUT2D eigenvalue weighted by molar-refractivity contribution is -0.125. The molecule has 0 unspecified atom stereocenters. The number of hydrogen-bond acceptors (Lipinski definition) is 5. The van der Waals surface area contributed by atoms with E-state index in [1.807, 2.05) is 0 Å². The van der Waals surface area contributed by atoms with Crippen LogP contribution in [0.15, 0.2) is 24.3 Å². The van der Waals surface area contributed by atoms with Crippen molar-refractivity contribution in [3.05, 3.63) is 29.8 Å². The Bertz CT molecular complexity index is 712. The number of nitrogens with zero attached hydrogens (tertiary/aromatic N) is 2. The van der Waals surface area contributed by atoms with Gasteiger partial charge < -0.3 is 24.0 Å². The van der Waals surface area contributed by atoms with Crippen LogP contribution in [0.4, 0.5) is 13.6 Å². The Kier molecular flexibility index (Phi) is 8.03. The van der Waals surface area contributed by atoms with Crippen LogP contribution in [-0.2, 0) is 9.53 Å². The topological polar surface area (TPSA) is 68.3 Å². The van der Waals surface area contributed by atoms with Crippen LogP contribution >= 0.6 is 0 Å². The van der Waals surface area contributed by atoms with Gasteiger partial charge in [0.2, 0.25) is 5.91 Å². The Morgan fingerprint density at radius 1 is 1.18 bits per heavy atom. The molecule has 0 aromatic heterocycles. The van der Waals surface area contributed by atoms with Gasteiger partial charge in [-0.05, 0) is 25.5 Å². The van der Waals surface area contributed by atoms with E-state index in [1.165, 1.54) is 25.3 Å². The predicted molar refractivity (Wildman–Crippen MR) is 98.5 cm³/mol. The summed E-state index contributed by atoms with van der Waals surface area (Å²) in [6.07, 6.45) is 2.94. The Hall–Kier alpha value is -2.84. The van der Waals surface area contributed by atoms with Crippen LogP contribution in [0, 0.1) is 0 Å². The quantitative estimate of drug-likeness (QED) is 0.689. The molecule has 9 heteroatoms. The van der Waals surface area contributed by atoms with Crippen molar-refractivity contribution in [3.8, 4) is 11.5 Å². The summed E-state index contributed by atoms with van der Waals surface area (Å²) < 4.78 is 39.9. The van der Waals surface area contributed by atoms with Crippen molar-refractivity contribution < 1.29 is 32.6 Å². The third kappa shape index (κ3) is 5.83. The highest BCUT2D eigenvalue weighted by molar-refractivity contribution is 5.92. The molecular formula is C19H24F2N2O5. The molecule has 2 amide bonds. The molecule has 154 valence electrons. The first kappa shape index (κ1) is 21.5. The number of rotatable bonds is 6. The first-order valence-electron chi connectivity index (χ1n) is 8.96. The van der Waals surface area contributed by atoms with Crippen molar-refractivity contribution >= 4 is 18.1 Å². The summed E-state index contributed by atoms with van der Waals surface area (Å²) >= 11 is 0. The van der Waals surface area contributed by atoms with E-state index >= 15 is 0 Å². The lowest BCUT2D eigenvalue weighted by atomic mass is 10.1. The number of carbonyl (C=O) groups is 2. The van der Waals surface area contributed by atoms with Gasteiger partial charge in [-0.1, -0.05) is 12.1 Å². The number of para-hydroxylation sites is 1. The van der Waals surface area contributed by atoms with Crippen LogP contribution < -0.4 is 9.47 Å². The van der Waals surface area contributed by atoms with E-state index in [0.29, 0.717) is 44.8 Å². The van der Waals surface area contributed by atoms with Gasteiger partial charge in [0.05, 0.1) is 13.7 Å². The predicted octanol–water partition coefficient (Wildman–Crippen LogP) is 3.00. The highest BCUT2D eigenvalue weighted by atomic mass is 19.3. The van der Waals surface area contributed by atoms with Crippen LogP contribution in [0.3, 0.4) is 0 Å². The number of halogens is 2. The molecule has 7 nitrogen and oxygen atoms in total. The number of hydrogen-bond donors (Lipinski definition) is 0. The van der Waals surface area contributed by atoms with E-state index in [4.69, 9.17) is 9.47 Å². The molecule has 0 bridgehead atoms. The SMILES string of the molecule is CCOC(=O)N1CCCN(C(=O)/C=C\c2cccc(OC)c2OC(F)F)CC1. The summed E-state index contributed by atoms with van der Waals surface area (Å²) in [6, 6.07) is 4.66. The van der Waals surface area contributed by atoms with E-state index < -0.39 is 12.7 Å². The second-order valence-electron chi connectivity index (χ2n) is 5.96. The average molecular weight is 398 g/mol. The summed E-state index contributed by atoms with van der Waals surface area (Å²) in [7, 11) is 1.35. The molecule has 0 saturated carbocycles. The number of benzene rings is 1.